The maximum absolute atomic E-state index is 12.1. The number of halogens is 3. The number of rotatable bonds is 2. The molecule has 0 spiro atoms. The molecule has 0 heterocycles. The maximum Gasteiger partial charge on any atom is 0.518 e. The number of sulfonamides is 1. The van der Waals surface area contributed by atoms with E-state index in [1.807, 2.05) is 12.1 Å². The molecule has 0 N–H and O–H groups in total. The fraction of sp³-hybridized carbons (Fsp3) is 0.0833. The van der Waals surface area contributed by atoms with Gasteiger partial charge in [-0.05, 0) is 22.4 Å². The third-order valence-corrected chi connectivity index (χ3v) is 3.37. The molecule has 0 amide bonds. The van der Waals surface area contributed by atoms with Crippen molar-refractivity contribution in [2.24, 2.45) is 4.40 Å². The Kier molecular flexibility index (Phi) is 3.32. The van der Waals surface area contributed by atoms with Gasteiger partial charge in [-0.2, -0.15) is 26.0 Å². The van der Waals surface area contributed by atoms with Gasteiger partial charge in [0.2, 0.25) is 0 Å². The Balaban J connectivity index is 2.37. The van der Waals surface area contributed by atoms with Crippen LogP contribution in [0.5, 0.6) is 0 Å². The number of alkyl halides is 3. The summed E-state index contributed by atoms with van der Waals surface area (Å²) in [6.07, 6.45) is 0.690. The Morgan fingerprint density at radius 2 is 1.63 bits per heavy atom. The Morgan fingerprint density at radius 1 is 1.00 bits per heavy atom. The SMILES string of the molecule is O=S(=O)(N=Cc1ccc2ccccc2c1)C(F)(F)F. The number of benzene rings is 2. The zero-order valence-corrected chi connectivity index (χ0v) is 10.2. The van der Waals surface area contributed by atoms with E-state index in [9.17, 15) is 21.6 Å². The van der Waals surface area contributed by atoms with Gasteiger partial charge in [0.1, 0.15) is 0 Å². The molecule has 0 aromatic heterocycles. The molecule has 19 heavy (non-hydrogen) atoms. The molecule has 2 aromatic rings. The van der Waals surface area contributed by atoms with E-state index in [-0.39, 0.29) is 5.56 Å². The van der Waals surface area contributed by atoms with E-state index in [1.54, 1.807) is 24.3 Å². The van der Waals surface area contributed by atoms with Gasteiger partial charge in [0.25, 0.3) is 0 Å². The third-order valence-electron chi connectivity index (χ3n) is 2.41. The molecule has 0 saturated carbocycles. The molecule has 0 unspecified atom stereocenters. The standard InChI is InChI=1S/C12H8F3NO2S/c13-12(14,15)19(17,18)16-8-9-5-6-10-3-1-2-4-11(10)7-9/h1-8H. The molecule has 2 aromatic carbocycles. The van der Waals surface area contributed by atoms with Crippen molar-refractivity contribution in [1.29, 1.82) is 0 Å². The highest BCUT2D eigenvalue weighted by atomic mass is 32.2. The first-order valence-corrected chi connectivity index (χ1v) is 6.59. The maximum atomic E-state index is 12.1. The van der Waals surface area contributed by atoms with Crippen molar-refractivity contribution in [3.63, 3.8) is 0 Å². The lowest BCUT2D eigenvalue weighted by Crippen LogP contribution is -2.20. The van der Waals surface area contributed by atoms with E-state index in [1.165, 1.54) is 6.07 Å². The number of hydrogen-bond acceptors (Lipinski definition) is 2. The Hall–Kier alpha value is -1.89. The van der Waals surface area contributed by atoms with E-state index in [0.29, 0.717) is 6.21 Å². The molecule has 0 radical (unpaired) electrons. The molecule has 7 heteroatoms. The lowest BCUT2D eigenvalue weighted by atomic mass is 10.1. The summed E-state index contributed by atoms with van der Waals surface area (Å²) in [7, 11) is -5.48. The molecule has 0 saturated heterocycles. The lowest BCUT2D eigenvalue weighted by Gasteiger charge is -2.02. The monoisotopic (exact) mass is 287 g/mol. The van der Waals surface area contributed by atoms with Gasteiger partial charge < -0.3 is 0 Å². The van der Waals surface area contributed by atoms with Crippen molar-refractivity contribution in [3.8, 4) is 0 Å². The Morgan fingerprint density at radius 3 is 2.26 bits per heavy atom. The first-order chi connectivity index (χ1) is 8.79. The van der Waals surface area contributed by atoms with Gasteiger partial charge in [0.05, 0.1) is 0 Å². The van der Waals surface area contributed by atoms with Crippen LogP contribution in [0.4, 0.5) is 13.2 Å². The predicted molar refractivity (Wildman–Crippen MR) is 66.5 cm³/mol. The van der Waals surface area contributed by atoms with Crippen molar-refractivity contribution in [1.82, 2.24) is 0 Å². The van der Waals surface area contributed by atoms with E-state index in [4.69, 9.17) is 0 Å². The summed E-state index contributed by atoms with van der Waals surface area (Å²) in [5.74, 6) is 0. The Bertz CT molecular complexity index is 736. The zero-order chi connectivity index (χ0) is 14.1. The smallest absolute Gasteiger partial charge is 0.195 e. The molecule has 0 aliphatic carbocycles. The second-order valence-electron chi connectivity index (χ2n) is 3.76. The summed E-state index contributed by atoms with van der Waals surface area (Å²) in [6, 6.07) is 11.9. The Labute approximate surface area is 107 Å². The molecule has 3 nitrogen and oxygen atoms in total. The topological polar surface area (TPSA) is 46.5 Å². The summed E-state index contributed by atoms with van der Waals surface area (Å²) >= 11 is 0. The van der Waals surface area contributed by atoms with Crippen LogP contribution in [0.1, 0.15) is 5.56 Å². The van der Waals surface area contributed by atoms with Gasteiger partial charge >= 0.3 is 15.5 Å². The highest BCUT2D eigenvalue weighted by Gasteiger charge is 2.45. The van der Waals surface area contributed by atoms with E-state index in [0.717, 1.165) is 10.8 Å². The van der Waals surface area contributed by atoms with Gasteiger partial charge in [0, 0.05) is 6.21 Å². The quantitative estimate of drug-likeness (QED) is 0.797. The van der Waals surface area contributed by atoms with Crippen LogP contribution < -0.4 is 0 Å². The molecular formula is C12H8F3NO2S. The van der Waals surface area contributed by atoms with Gasteiger partial charge in [-0.3, -0.25) is 0 Å². The molecule has 2 rings (SSSR count). The molecule has 100 valence electrons. The zero-order valence-electron chi connectivity index (χ0n) is 9.42. The summed E-state index contributed by atoms with van der Waals surface area (Å²) in [5.41, 5.74) is -5.09. The summed E-state index contributed by atoms with van der Waals surface area (Å²) < 4.78 is 60.4. The minimum Gasteiger partial charge on any atom is -0.195 e. The van der Waals surface area contributed by atoms with Crippen LogP contribution in [-0.2, 0) is 10.0 Å². The molecule has 0 fully saturated rings. The molecule has 0 aliphatic heterocycles. The summed E-state index contributed by atoms with van der Waals surface area (Å²) in [4.78, 5) is 0. The number of nitrogens with zero attached hydrogens (tertiary/aromatic N) is 1. The van der Waals surface area contributed by atoms with Gasteiger partial charge in [-0.15, -0.1) is 0 Å². The molecule has 0 aliphatic rings. The van der Waals surface area contributed by atoms with E-state index >= 15 is 0 Å². The summed E-state index contributed by atoms with van der Waals surface area (Å²) in [5, 5.41) is 1.69. The normalized spacial score (nSPS) is 13.2. The first-order valence-electron chi connectivity index (χ1n) is 5.15. The predicted octanol–water partition coefficient (Wildman–Crippen LogP) is 3.11. The number of hydrogen-bond donors (Lipinski definition) is 0. The van der Waals surface area contributed by atoms with Crippen LogP contribution in [0.3, 0.4) is 0 Å². The first kappa shape index (κ1) is 13.5. The van der Waals surface area contributed by atoms with Crippen molar-refractivity contribution >= 4 is 27.0 Å². The second kappa shape index (κ2) is 4.65. The number of fused-ring (bicyclic) bond motifs is 1. The largest absolute Gasteiger partial charge is 0.518 e. The fourth-order valence-electron chi connectivity index (χ4n) is 1.48. The molecule has 0 bridgehead atoms. The van der Waals surface area contributed by atoms with Crippen LogP contribution in [0, 0.1) is 0 Å². The van der Waals surface area contributed by atoms with Crippen molar-refractivity contribution in [2.75, 3.05) is 0 Å². The van der Waals surface area contributed by atoms with Gasteiger partial charge in [-0.1, -0.05) is 36.4 Å². The average Bonchev–Trinajstić information content (AvgIpc) is 2.35. The molecule has 0 atom stereocenters. The van der Waals surface area contributed by atoms with Crippen molar-refractivity contribution in [2.45, 2.75) is 5.51 Å². The minimum absolute atomic E-state index is 0.284. The second-order valence-corrected chi connectivity index (χ2v) is 5.39. The van der Waals surface area contributed by atoms with Crippen LogP contribution in [0.25, 0.3) is 10.8 Å². The molecular weight excluding hydrogens is 279 g/mol. The lowest BCUT2D eigenvalue weighted by molar-refractivity contribution is -0.0435. The van der Waals surface area contributed by atoms with E-state index in [2.05, 4.69) is 4.40 Å². The van der Waals surface area contributed by atoms with Crippen LogP contribution in [0.15, 0.2) is 46.9 Å². The average molecular weight is 287 g/mol. The van der Waals surface area contributed by atoms with Crippen LogP contribution >= 0.6 is 0 Å². The van der Waals surface area contributed by atoms with Gasteiger partial charge in [0.15, 0.2) is 0 Å². The fourth-order valence-corrected chi connectivity index (χ4v) is 1.86. The van der Waals surface area contributed by atoms with E-state index < -0.39 is 15.5 Å². The van der Waals surface area contributed by atoms with Crippen LogP contribution in [0.2, 0.25) is 0 Å². The minimum atomic E-state index is -5.48. The highest BCUT2D eigenvalue weighted by molar-refractivity contribution is 7.91. The highest BCUT2D eigenvalue weighted by Crippen LogP contribution is 2.24. The summed E-state index contributed by atoms with van der Waals surface area (Å²) in [6.45, 7) is 0. The van der Waals surface area contributed by atoms with Gasteiger partial charge in [-0.25, -0.2) is 0 Å². The van der Waals surface area contributed by atoms with Crippen molar-refractivity contribution < 1.29 is 21.6 Å². The van der Waals surface area contributed by atoms with Crippen LogP contribution in [-0.4, -0.2) is 20.1 Å². The van der Waals surface area contributed by atoms with Crippen molar-refractivity contribution in [3.05, 3.63) is 48.0 Å². The third kappa shape index (κ3) is 2.93.